The summed E-state index contributed by atoms with van der Waals surface area (Å²) in [5, 5.41) is 6.13. The number of alkyl halides is 3. The summed E-state index contributed by atoms with van der Waals surface area (Å²) in [6.07, 6.45) is -4.44. The first-order valence-corrected chi connectivity index (χ1v) is 11.6. The van der Waals surface area contributed by atoms with Crippen LogP contribution in [0.4, 0.5) is 24.3 Å². The minimum Gasteiger partial charge on any atom is -0.437 e. The molecule has 0 aliphatic rings. The lowest BCUT2D eigenvalue weighted by atomic mass is 10.1. The molecular weight excluding hydrogens is 493 g/mol. The lowest BCUT2D eigenvalue weighted by Crippen LogP contribution is -2.40. The van der Waals surface area contributed by atoms with E-state index in [0.717, 1.165) is 16.8 Å². The number of nitrogens with two attached hydrogens (primary N) is 1. The maximum absolute atomic E-state index is 13.0. The summed E-state index contributed by atoms with van der Waals surface area (Å²) in [6, 6.07) is 11.5. The molecule has 36 heavy (non-hydrogen) atoms. The van der Waals surface area contributed by atoms with Crippen LogP contribution in [0.15, 0.2) is 48.5 Å². The highest BCUT2D eigenvalue weighted by Gasteiger charge is 2.30. The summed E-state index contributed by atoms with van der Waals surface area (Å²) < 4.78 is 45.9. The van der Waals surface area contributed by atoms with Gasteiger partial charge in [0.1, 0.15) is 5.52 Å². The minimum absolute atomic E-state index is 0.152. The molecular formula is C24H23F3N6O2S. The van der Waals surface area contributed by atoms with Crippen molar-refractivity contribution in [1.82, 2.24) is 15.0 Å². The number of ether oxygens (including phenoxy) is 1. The zero-order chi connectivity index (χ0) is 26.1. The van der Waals surface area contributed by atoms with E-state index in [-0.39, 0.29) is 17.7 Å². The van der Waals surface area contributed by atoms with Crippen molar-refractivity contribution in [2.45, 2.75) is 32.5 Å². The molecule has 0 aliphatic heterocycles. The molecule has 8 nitrogen and oxygen atoms in total. The number of aromatic nitrogens is 3. The molecule has 2 aromatic carbocycles. The molecule has 1 amide bonds. The molecule has 0 saturated carbocycles. The molecule has 0 fully saturated rings. The van der Waals surface area contributed by atoms with E-state index in [4.69, 9.17) is 10.5 Å². The highest BCUT2D eigenvalue weighted by molar-refractivity contribution is 7.22. The van der Waals surface area contributed by atoms with Gasteiger partial charge in [-0.1, -0.05) is 29.5 Å². The van der Waals surface area contributed by atoms with Crippen LogP contribution in [0.3, 0.4) is 0 Å². The number of hydrogen-bond acceptors (Lipinski definition) is 8. The molecule has 188 valence electrons. The Morgan fingerprint density at radius 3 is 2.44 bits per heavy atom. The van der Waals surface area contributed by atoms with E-state index in [0.29, 0.717) is 34.2 Å². The zero-order valence-electron chi connectivity index (χ0n) is 19.6. The smallest absolute Gasteiger partial charge is 0.416 e. The number of rotatable bonds is 7. The molecule has 0 unspecified atom stereocenters. The van der Waals surface area contributed by atoms with Crippen molar-refractivity contribution in [2.75, 3.05) is 17.2 Å². The fourth-order valence-electron chi connectivity index (χ4n) is 3.16. The van der Waals surface area contributed by atoms with Crippen LogP contribution in [0.5, 0.6) is 11.6 Å². The summed E-state index contributed by atoms with van der Waals surface area (Å²) in [5.74, 6) is 0.499. The van der Waals surface area contributed by atoms with Gasteiger partial charge in [-0.2, -0.15) is 18.2 Å². The van der Waals surface area contributed by atoms with Crippen LogP contribution in [-0.4, -0.2) is 32.9 Å². The SMILES string of the molecule is CC(=O)Nc1nc2c(Oc3cc(-c4ccc(C(F)(F)F)cc4)nc(NCC(C)(C)N)n3)cccc2s1. The molecule has 0 atom stereocenters. The molecule has 0 radical (unpaired) electrons. The molecule has 0 aliphatic carbocycles. The predicted octanol–water partition coefficient (Wildman–Crippen LogP) is 5.67. The molecule has 4 aromatic rings. The maximum atomic E-state index is 13.0. The van der Waals surface area contributed by atoms with Crippen LogP contribution in [-0.2, 0) is 11.0 Å². The molecule has 2 heterocycles. The van der Waals surface area contributed by atoms with Crippen molar-refractivity contribution in [3.05, 3.63) is 54.1 Å². The van der Waals surface area contributed by atoms with Crippen molar-refractivity contribution in [3.8, 4) is 22.9 Å². The first kappa shape index (κ1) is 25.3. The van der Waals surface area contributed by atoms with E-state index in [1.807, 2.05) is 19.9 Å². The van der Waals surface area contributed by atoms with Gasteiger partial charge in [0.2, 0.25) is 17.7 Å². The Kier molecular flexibility index (Phi) is 6.83. The number of amides is 1. The third kappa shape index (κ3) is 6.26. The van der Waals surface area contributed by atoms with Crippen LogP contribution >= 0.6 is 11.3 Å². The van der Waals surface area contributed by atoms with Crippen LogP contribution < -0.4 is 21.1 Å². The second-order valence-corrected chi connectivity index (χ2v) is 9.77. The van der Waals surface area contributed by atoms with Crippen LogP contribution in [0.2, 0.25) is 0 Å². The second-order valence-electron chi connectivity index (χ2n) is 8.74. The van der Waals surface area contributed by atoms with Crippen molar-refractivity contribution in [2.24, 2.45) is 5.73 Å². The molecule has 4 rings (SSSR count). The Hall–Kier alpha value is -3.77. The Labute approximate surface area is 208 Å². The van der Waals surface area contributed by atoms with E-state index >= 15 is 0 Å². The lowest BCUT2D eigenvalue weighted by Gasteiger charge is -2.19. The van der Waals surface area contributed by atoms with Gasteiger partial charge >= 0.3 is 6.18 Å². The van der Waals surface area contributed by atoms with Gasteiger partial charge in [-0.05, 0) is 38.1 Å². The van der Waals surface area contributed by atoms with E-state index in [1.54, 1.807) is 12.1 Å². The average molecular weight is 517 g/mol. The second kappa shape index (κ2) is 9.70. The lowest BCUT2D eigenvalue weighted by molar-refractivity contribution is -0.137. The first-order valence-electron chi connectivity index (χ1n) is 10.8. The molecule has 0 saturated heterocycles. The third-order valence-corrected chi connectivity index (χ3v) is 5.73. The Morgan fingerprint density at radius 2 is 1.81 bits per heavy atom. The molecule has 0 bridgehead atoms. The third-order valence-electron chi connectivity index (χ3n) is 4.79. The fraction of sp³-hybridized carbons (Fsp3) is 0.250. The average Bonchev–Trinajstić information content (AvgIpc) is 3.19. The number of carbonyl (C=O) groups excluding carboxylic acids is 1. The van der Waals surface area contributed by atoms with Crippen molar-refractivity contribution in [3.63, 3.8) is 0 Å². The fourth-order valence-corrected chi connectivity index (χ4v) is 4.09. The molecule has 0 spiro atoms. The maximum Gasteiger partial charge on any atom is 0.416 e. The van der Waals surface area contributed by atoms with Gasteiger partial charge in [0.25, 0.3) is 0 Å². The van der Waals surface area contributed by atoms with Crippen LogP contribution in [0, 0.1) is 0 Å². The molecule has 2 aromatic heterocycles. The van der Waals surface area contributed by atoms with E-state index in [9.17, 15) is 18.0 Å². The number of hydrogen-bond donors (Lipinski definition) is 3. The van der Waals surface area contributed by atoms with Crippen molar-refractivity contribution >= 4 is 38.5 Å². The number of nitrogens with one attached hydrogen (secondary N) is 2. The topological polar surface area (TPSA) is 115 Å². The number of fused-ring (bicyclic) bond motifs is 1. The highest BCUT2D eigenvalue weighted by atomic mass is 32.1. The largest absolute Gasteiger partial charge is 0.437 e. The number of nitrogens with zero attached hydrogens (tertiary/aromatic N) is 3. The number of carbonyl (C=O) groups is 1. The predicted molar refractivity (Wildman–Crippen MR) is 133 cm³/mol. The number of halogens is 3. The number of para-hydroxylation sites is 1. The van der Waals surface area contributed by atoms with Crippen LogP contribution in [0.1, 0.15) is 26.3 Å². The van der Waals surface area contributed by atoms with Gasteiger partial charge in [0.15, 0.2) is 10.9 Å². The first-order chi connectivity index (χ1) is 16.9. The van der Waals surface area contributed by atoms with Crippen LogP contribution in [0.25, 0.3) is 21.5 Å². The van der Waals surface area contributed by atoms with Gasteiger partial charge in [-0.15, -0.1) is 0 Å². The quantitative estimate of drug-likeness (QED) is 0.290. The van der Waals surface area contributed by atoms with Gasteiger partial charge in [0.05, 0.1) is 16.0 Å². The van der Waals surface area contributed by atoms with Crippen molar-refractivity contribution < 1.29 is 22.7 Å². The number of anilines is 2. The monoisotopic (exact) mass is 516 g/mol. The summed E-state index contributed by atoms with van der Waals surface area (Å²) >= 11 is 1.29. The van der Waals surface area contributed by atoms with E-state index in [1.165, 1.54) is 36.5 Å². The summed E-state index contributed by atoms with van der Waals surface area (Å²) in [4.78, 5) is 24.7. The Bertz CT molecular complexity index is 1400. The summed E-state index contributed by atoms with van der Waals surface area (Å²) in [5.41, 5.74) is 6.06. The van der Waals surface area contributed by atoms with E-state index in [2.05, 4.69) is 25.6 Å². The number of benzene rings is 2. The minimum atomic E-state index is -4.44. The van der Waals surface area contributed by atoms with Gasteiger partial charge in [-0.25, -0.2) is 9.97 Å². The Balaban J connectivity index is 1.72. The van der Waals surface area contributed by atoms with Crippen molar-refractivity contribution in [1.29, 1.82) is 0 Å². The zero-order valence-corrected chi connectivity index (χ0v) is 20.4. The summed E-state index contributed by atoms with van der Waals surface area (Å²) in [7, 11) is 0. The standard InChI is InChI=1S/C24H23F3N6O2S/c1-13(34)30-22-33-20-17(5-4-6-18(20)36-22)35-19-11-16(31-21(32-19)29-12-23(2,3)28)14-7-9-15(10-8-14)24(25,26)27/h4-11H,12,28H2,1-3H3,(H,29,31,32)(H,30,33,34). The van der Waals surface area contributed by atoms with E-state index < -0.39 is 17.3 Å². The molecule has 4 N–H and O–H groups in total. The van der Waals surface area contributed by atoms with Gasteiger partial charge in [0, 0.05) is 30.6 Å². The Morgan fingerprint density at radius 1 is 1.08 bits per heavy atom. The highest BCUT2D eigenvalue weighted by Crippen LogP contribution is 2.36. The van der Waals surface area contributed by atoms with Gasteiger partial charge < -0.3 is 21.1 Å². The molecule has 12 heteroatoms. The summed E-state index contributed by atoms with van der Waals surface area (Å²) in [6.45, 7) is 5.38. The number of thiazole rings is 1. The normalized spacial score (nSPS) is 12.0. The van der Waals surface area contributed by atoms with Gasteiger partial charge in [-0.3, -0.25) is 4.79 Å².